The summed E-state index contributed by atoms with van der Waals surface area (Å²) < 4.78 is 2.42. The van der Waals surface area contributed by atoms with Crippen molar-refractivity contribution < 1.29 is 0 Å². The number of hydrogen-bond donors (Lipinski definition) is 0. The van der Waals surface area contributed by atoms with Crippen LogP contribution in [0.4, 0.5) is 17.1 Å². The van der Waals surface area contributed by atoms with E-state index >= 15 is 0 Å². The van der Waals surface area contributed by atoms with Gasteiger partial charge in [-0.25, -0.2) is 0 Å². The number of rotatable bonds is 7. The van der Waals surface area contributed by atoms with E-state index in [0.29, 0.717) is 0 Å². The van der Waals surface area contributed by atoms with E-state index in [1.165, 1.54) is 60.8 Å². The third kappa shape index (κ3) is 5.77. The molecule has 2 heteroatoms. The molecule has 1 heterocycles. The van der Waals surface area contributed by atoms with Crippen LogP contribution in [0.25, 0.3) is 60.9 Å². The van der Waals surface area contributed by atoms with Crippen LogP contribution in [0.3, 0.4) is 0 Å². The molecule has 0 atom stereocenters. The Morgan fingerprint density at radius 2 is 0.784 bits per heavy atom. The van der Waals surface area contributed by atoms with Crippen molar-refractivity contribution in [1.29, 1.82) is 0 Å². The second-order valence-electron chi connectivity index (χ2n) is 13.1. The molecule has 0 amide bonds. The van der Waals surface area contributed by atoms with E-state index in [2.05, 4.69) is 217 Å². The Bertz CT molecular complexity index is 2600. The van der Waals surface area contributed by atoms with Gasteiger partial charge in [0, 0.05) is 33.5 Å². The van der Waals surface area contributed by atoms with Crippen LogP contribution in [-0.4, -0.2) is 4.57 Å². The number of fused-ring (bicyclic) bond motifs is 3. The molecule has 0 unspecified atom stereocenters. The first-order chi connectivity index (χ1) is 25.2. The normalized spacial score (nSPS) is 11.2. The molecule has 0 radical (unpaired) electrons. The van der Waals surface area contributed by atoms with Crippen molar-refractivity contribution in [2.24, 2.45) is 0 Å². The molecule has 0 fully saturated rings. The average molecular weight is 653 g/mol. The zero-order valence-corrected chi connectivity index (χ0v) is 28.4. The van der Waals surface area contributed by atoms with Crippen molar-refractivity contribution in [1.82, 2.24) is 4.57 Å². The summed E-state index contributed by atoms with van der Waals surface area (Å²) in [5, 5.41) is 2.47. The van der Waals surface area contributed by atoms with Gasteiger partial charge in [0.05, 0.1) is 11.0 Å². The molecule has 242 valence electrons. The lowest BCUT2D eigenvalue weighted by Gasteiger charge is -2.26. The van der Waals surface area contributed by atoms with Gasteiger partial charge < -0.3 is 9.47 Å². The molecule has 9 aromatic rings. The van der Waals surface area contributed by atoms with Gasteiger partial charge in [0.25, 0.3) is 0 Å². The highest BCUT2D eigenvalue weighted by Crippen LogP contribution is 2.40. The van der Waals surface area contributed by atoms with Crippen molar-refractivity contribution >= 4 is 38.9 Å². The van der Waals surface area contributed by atoms with Crippen LogP contribution in [0.5, 0.6) is 0 Å². The summed E-state index contributed by atoms with van der Waals surface area (Å²) in [5.41, 5.74) is 15.4. The smallest absolute Gasteiger partial charge is 0.0541 e. The van der Waals surface area contributed by atoms with Crippen molar-refractivity contribution in [3.63, 3.8) is 0 Å². The summed E-state index contributed by atoms with van der Waals surface area (Å²) in [6.07, 6.45) is 0. The molecule has 51 heavy (non-hydrogen) atoms. The third-order valence-electron chi connectivity index (χ3n) is 9.79. The molecule has 0 bridgehead atoms. The second-order valence-corrected chi connectivity index (χ2v) is 13.1. The standard InChI is InChI=1S/C49H36N2/c1-35-14-11-17-37(30-35)40-26-28-48-46(33-40)47-34-41(27-29-49(47)51(48)45-25-12-18-38(31-45)36-15-5-2-6-16-36)39-19-13-24-44(32-39)50(42-20-7-3-8-21-42)43-22-9-4-10-23-43/h2-34H,1H3. The highest BCUT2D eigenvalue weighted by Gasteiger charge is 2.17. The van der Waals surface area contributed by atoms with Crippen LogP contribution >= 0.6 is 0 Å². The molecule has 0 spiro atoms. The zero-order valence-electron chi connectivity index (χ0n) is 28.4. The van der Waals surface area contributed by atoms with Crippen molar-refractivity contribution in [3.05, 3.63) is 206 Å². The van der Waals surface area contributed by atoms with Crippen LogP contribution in [0.15, 0.2) is 200 Å². The predicted molar refractivity (Wildman–Crippen MR) is 217 cm³/mol. The summed E-state index contributed by atoms with van der Waals surface area (Å²) in [6, 6.07) is 72.3. The molecule has 0 N–H and O–H groups in total. The van der Waals surface area contributed by atoms with Gasteiger partial charge in [0.1, 0.15) is 0 Å². The van der Waals surface area contributed by atoms with Gasteiger partial charge in [-0.3, -0.25) is 0 Å². The first-order valence-electron chi connectivity index (χ1n) is 17.5. The highest BCUT2D eigenvalue weighted by molar-refractivity contribution is 6.11. The second kappa shape index (κ2) is 13.0. The molecule has 8 aromatic carbocycles. The van der Waals surface area contributed by atoms with Gasteiger partial charge in [0.2, 0.25) is 0 Å². The average Bonchev–Trinajstić information content (AvgIpc) is 3.52. The third-order valence-corrected chi connectivity index (χ3v) is 9.79. The Morgan fingerprint density at radius 3 is 1.37 bits per heavy atom. The minimum absolute atomic E-state index is 1.12. The van der Waals surface area contributed by atoms with Gasteiger partial charge in [-0.05, 0) is 113 Å². The summed E-state index contributed by atoms with van der Waals surface area (Å²) in [5.74, 6) is 0. The zero-order chi connectivity index (χ0) is 34.1. The van der Waals surface area contributed by atoms with Crippen LogP contribution in [0.1, 0.15) is 5.56 Å². The lowest BCUT2D eigenvalue weighted by atomic mass is 9.99. The Balaban J connectivity index is 1.23. The quantitative estimate of drug-likeness (QED) is 0.166. The van der Waals surface area contributed by atoms with E-state index in [-0.39, 0.29) is 0 Å². The van der Waals surface area contributed by atoms with E-state index in [4.69, 9.17) is 0 Å². The summed E-state index contributed by atoms with van der Waals surface area (Å²) >= 11 is 0. The number of benzene rings is 8. The number of hydrogen-bond acceptors (Lipinski definition) is 1. The Labute approximate surface area is 299 Å². The fourth-order valence-electron chi connectivity index (χ4n) is 7.37. The number of aryl methyl sites for hydroxylation is 1. The van der Waals surface area contributed by atoms with Gasteiger partial charge >= 0.3 is 0 Å². The molecular formula is C49H36N2. The highest BCUT2D eigenvalue weighted by atomic mass is 15.1. The van der Waals surface area contributed by atoms with Crippen molar-refractivity contribution in [2.45, 2.75) is 6.92 Å². The number of anilines is 3. The van der Waals surface area contributed by atoms with Crippen LogP contribution in [0.2, 0.25) is 0 Å². The molecule has 2 nitrogen and oxygen atoms in total. The summed E-state index contributed by atoms with van der Waals surface area (Å²) in [6.45, 7) is 2.16. The maximum atomic E-state index is 2.42. The van der Waals surface area contributed by atoms with E-state index < -0.39 is 0 Å². The SMILES string of the molecule is Cc1cccc(-c2ccc3c(c2)c2cc(-c4cccc(N(c5ccccc5)c5ccccc5)c4)ccc2n3-c2cccc(-c3ccccc3)c2)c1. The van der Waals surface area contributed by atoms with Gasteiger partial charge in [0.15, 0.2) is 0 Å². The minimum atomic E-state index is 1.12. The largest absolute Gasteiger partial charge is 0.310 e. The fourth-order valence-corrected chi connectivity index (χ4v) is 7.37. The van der Waals surface area contributed by atoms with Crippen molar-refractivity contribution in [2.75, 3.05) is 4.90 Å². The van der Waals surface area contributed by atoms with Crippen molar-refractivity contribution in [3.8, 4) is 39.1 Å². The fraction of sp³-hybridized carbons (Fsp3) is 0.0204. The van der Waals surface area contributed by atoms with Gasteiger partial charge in [-0.1, -0.05) is 133 Å². The first-order valence-corrected chi connectivity index (χ1v) is 17.5. The molecule has 0 aliphatic rings. The number of nitrogens with zero attached hydrogens (tertiary/aromatic N) is 2. The number of aromatic nitrogens is 1. The molecule has 0 aliphatic carbocycles. The van der Waals surface area contributed by atoms with Crippen LogP contribution in [0, 0.1) is 6.92 Å². The predicted octanol–water partition coefficient (Wildman–Crippen LogP) is 13.6. The Kier molecular flexibility index (Phi) is 7.75. The first kappa shape index (κ1) is 30.4. The van der Waals surface area contributed by atoms with Gasteiger partial charge in [-0.2, -0.15) is 0 Å². The van der Waals surface area contributed by atoms with E-state index in [1.54, 1.807) is 0 Å². The van der Waals surface area contributed by atoms with Crippen LogP contribution in [-0.2, 0) is 0 Å². The summed E-state index contributed by atoms with van der Waals surface area (Å²) in [4.78, 5) is 2.32. The molecular weight excluding hydrogens is 617 g/mol. The molecule has 0 saturated heterocycles. The van der Waals surface area contributed by atoms with E-state index in [1.807, 2.05) is 0 Å². The van der Waals surface area contributed by atoms with E-state index in [9.17, 15) is 0 Å². The maximum absolute atomic E-state index is 2.42. The minimum Gasteiger partial charge on any atom is -0.310 e. The Hall–Kier alpha value is -6.64. The number of para-hydroxylation sites is 2. The van der Waals surface area contributed by atoms with Gasteiger partial charge in [-0.15, -0.1) is 0 Å². The Morgan fingerprint density at radius 1 is 0.333 bits per heavy atom. The molecule has 0 saturated carbocycles. The summed E-state index contributed by atoms with van der Waals surface area (Å²) in [7, 11) is 0. The van der Waals surface area contributed by atoms with Crippen LogP contribution < -0.4 is 4.90 Å². The topological polar surface area (TPSA) is 8.17 Å². The lowest BCUT2D eigenvalue weighted by Crippen LogP contribution is -2.09. The monoisotopic (exact) mass is 652 g/mol. The molecule has 0 aliphatic heterocycles. The molecule has 9 rings (SSSR count). The lowest BCUT2D eigenvalue weighted by molar-refractivity contribution is 1.18. The molecule has 1 aromatic heterocycles. The van der Waals surface area contributed by atoms with E-state index in [0.717, 1.165) is 22.7 Å². The maximum Gasteiger partial charge on any atom is 0.0541 e.